The van der Waals surface area contributed by atoms with Gasteiger partial charge in [0, 0.05) is 38.0 Å². The molecule has 0 aliphatic carbocycles. The molecular formula is C44H24N4. The molecule has 0 atom stereocenters. The third kappa shape index (κ3) is 3.63. The van der Waals surface area contributed by atoms with Gasteiger partial charge in [-0.3, -0.25) is 0 Å². The van der Waals surface area contributed by atoms with E-state index >= 15 is 0 Å². The highest BCUT2D eigenvalue weighted by Crippen LogP contribution is 2.42. The summed E-state index contributed by atoms with van der Waals surface area (Å²) in [6, 6.07) is 55.7. The number of hydrogen-bond donors (Lipinski definition) is 0. The van der Waals surface area contributed by atoms with Gasteiger partial charge in [0.25, 0.3) is 0 Å². The molecular weight excluding hydrogens is 585 g/mol. The van der Waals surface area contributed by atoms with Gasteiger partial charge < -0.3 is 8.97 Å². The van der Waals surface area contributed by atoms with Gasteiger partial charge in [0.2, 0.25) is 0 Å². The lowest BCUT2D eigenvalue weighted by molar-refractivity contribution is 1.18. The van der Waals surface area contributed by atoms with E-state index in [9.17, 15) is 10.5 Å². The Morgan fingerprint density at radius 3 is 1.54 bits per heavy atom. The van der Waals surface area contributed by atoms with Gasteiger partial charge in [-0.05, 0) is 89.0 Å². The molecule has 0 spiro atoms. The van der Waals surface area contributed by atoms with E-state index < -0.39 is 0 Å². The van der Waals surface area contributed by atoms with Crippen molar-refractivity contribution in [3.05, 3.63) is 157 Å². The molecule has 0 fully saturated rings. The molecule has 4 heteroatoms. The van der Waals surface area contributed by atoms with Crippen LogP contribution < -0.4 is 0 Å². The average molecular weight is 609 g/mol. The average Bonchev–Trinajstić information content (AvgIpc) is 3.78. The third-order valence-electron chi connectivity index (χ3n) is 9.89. The van der Waals surface area contributed by atoms with Gasteiger partial charge in [0.05, 0.1) is 50.8 Å². The van der Waals surface area contributed by atoms with Crippen LogP contribution in [-0.4, -0.2) is 8.97 Å². The first-order valence-electron chi connectivity index (χ1n) is 16.0. The molecule has 0 unspecified atom stereocenters. The fraction of sp³-hybridized carbons (Fsp3) is 0. The van der Waals surface area contributed by atoms with Crippen LogP contribution in [0.5, 0.6) is 0 Å². The maximum absolute atomic E-state index is 9.67. The van der Waals surface area contributed by atoms with Crippen molar-refractivity contribution < 1.29 is 0 Å². The molecule has 0 bridgehead atoms. The quantitative estimate of drug-likeness (QED) is 0.200. The van der Waals surface area contributed by atoms with E-state index in [4.69, 9.17) is 0 Å². The van der Waals surface area contributed by atoms with Crippen LogP contribution in [0.15, 0.2) is 146 Å². The Hall–Kier alpha value is -6.88. The van der Waals surface area contributed by atoms with Crippen LogP contribution in [0, 0.1) is 22.7 Å². The molecule has 0 aliphatic heterocycles. The molecule has 48 heavy (non-hydrogen) atoms. The number of nitrogens with zero attached hydrogens (tertiary/aromatic N) is 4. The van der Waals surface area contributed by atoms with E-state index in [0.29, 0.717) is 11.1 Å². The highest BCUT2D eigenvalue weighted by Gasteiger charge is 2.20. The Morgan fingerprint density at radius 2 is 0.896 bits per heavy atom. The standard InChI is InChI=1S/C44H24N4/c45-25-27-10-17-35-38-23-32(24-39-36-18-11-28(26-46)21-43(36)48(44(38)39)42(35)20-27)30-14-12-29(13-15-30)31-16-19-41-37(22-31)34-8-4-5-9-40(34)47(41)33-6-2-1-3-7-33/h1-24H. The summed E-state index contributed by atoms with van der Waals surface area (Å²) in [7, 11) is 0. The SMILES string of the molecule is N#Cc1ccc2c3cc(-c4ccc(-c5ccc6c(c5)c5ccccc5n6-c5ccccc5)cc4)cc4c5ccc(C#N)cc5n(c2c1)c34. The minimum absolute atomic E-state index is 0.617. The molecule has 0 amide bonds. The van der Waals surface area contributed by atoms with E-state index in [2.05, 4.69) is 130 Å². The van der Waals surface area contributed by atoms with Gasteiger partial charge in [-0.2, -0.15) is 10.5 Å². The van der Waals surface area contributed by atoms with Crippen LogP contribution >= 0.6 is 0 Å². The van der Waals surface area contributed by atoms with Crippen molar-refractivity contribution in [1.82, 2.24) is 8.97 Å². The second-order valence-electron chi connectivity index (χ2n) is 12.4. The minimum Gasteiger partial charge on any atom is -0.309 e. The van der Waals surface area contributed by atoms with Crippen molar-refractivity contribution in [2.45, 2.75) is 0 Å². The van der Waals surface area contributed by atoms with Crippen molar-refractivity contribution in [2.24, 2.45) is 0 Å². The lowest BCUT2D eigenvalue weighted by atomic mass is 9.96. The zero-order valence-corrected chi connectivity index (χ0v) is 25.6. The molecule has 0 radical (unpaired) electrons. The van der Waals surface area contributed by atoms with Crippen molar-refractivity contribution >= 4 is 59.9 Å². The molecule has 0 saturated carbocycles. The Balaban J connectivity index is 1.13. The summed E-state index contributed by atoms with van der Waals surface area (Å²) in [6.07, 6.45) is 0. The molecule has 4 nitrogen and oxygen atoms in total. The third-order valence-corrected chi connectivity index (χ3v) is 9.89. The summed E-state index contributed by atoms with van der Waals surface area (Å²) in [5.41, 5.74) is 12.5. The molecule has 10 aromatic rings. The van der Waals surface area contributed by atoms with Crippen LogP contribution in [0.1, 0.15) is 11.1 Å². The van der Waals surface area contributed by atoms with Crippen molar-refractivity contribution in [3.8, 4) is 40.1 Å². The molecule has 0 aliphatic rings. The zero-order valence-electron chi connectivity index (χ0n) is 25.6. The number of nitriles is 2. The largest absolute Gasteiger partial charge is 0.309 e. The predicted octanol–water partition coefficient (Wildman–Crippen LogP) is 11.0. The Morgan fingerprint density at radius 1 is 0.375 bits per heavy atom. The van der Waals surface area contributed by atoms with Crippen molar-refractivity contribution in [1.29, 1.82) is 10.5 Å². The minimum atomic E-state index is 0.617. The summed E-state index contributed by atoms with van der Waals surface area (Å²) >= 11 is 0. The van der Waals surface area contributed by atoms with Crippen LogP contribution in [0.4, 0.5) is 0 Å². The molecule has 220 valence electrons. The Bertz CT molecular complexity index is 2900. The second-order valence-corrected chi connectivity index (χ2v) is 12.4. The highest BCUT2D eigenvalue weighted by molar-refractivity contribution is 6.24. The molecule has 3 aromatic heterocycles. The number of aromatic nitrogens is 2. The normalized spacial score (nSPS) is 11.7. The van der Waals surface area contributed by atoms with Crippen LogP contribution in [0.25, 0.3) is 87.8 Å². The topological polar surface area (TPSA) is 56.9 Å². The lowest BCUT2D eigenvalue weighted by Gasteiger charge is -2.09. The number of para-hydroxylation sites is 2. The van der Waals surface area contributed by atoms with Crippen LogP contribution in [0.2, 0.25) is 0 Å². The van der Waals surface area contributed by atoms with Gasteiger partial charge in [0.1, 0.15) is 0 Å². The fourth-order valence-electron chi connectivity index (χ4n) is 7.71. The first-order valence-corrected chi connectivity index (χ1v) is 16.0. The number of rotatable bonds is 3. The smallest absolute Gasteiger partial charge is 0.0992 e. The second kappa shape index (κ2) is 9.81. The molecule has 0 saturated heterocycles. The lowest BCUT2D eigenvalue weighted by Crippen LogP contribution is -1.92. The summed E-state index contributed by atoms with van der Waals surface area (Å²) in [5.74, 6) is 0. The Labute approximate surface area is 275 Å². The molecule has 3 heterocycles. The van der Waals surface area contributed by atoms with Gasteiger partial charge in [0.15, 0.2) is 0 Å². The fourth-order valence-corrected chi connectivity index (χ4v) is 7.71. The van der Waals surface area contributed by atoms with Gasteiger partial charge in [-0.25, -0.2) is 0 Å². The number of hydrogen-bond acceptors (Lipinski definition) is 2. The van der Waals surface area contributed by atoms with Gasteiger partial charge in [-0.15, -0.1) is 0 Å². The highest BCUT2D eigenvalue weighted by atomic mass is 15.0. The summed E-state index contributed by atoms with van der Waals surface area (Å²) in [4.78, 5) is 0. The monoisotopic (exact) mass is 608 g/mol. The van der Waals surface area contributed by atoms with E-state index in [0.717, 1.165) is 60.5 Å². The van der Waals surface area contributed by atoms with Crippen molar-refractivity contribution in [2.75, 3.05) is 0 Å². The number of benzene rings is 7. The van der Waals surface area contributed by atoms with E-state index in [1.165, 1.54) is 27.4 Å². The van der Waals surface area contributed by atoms with E-state index in [-0.39, 0.29) is 0 Å². The summed E-state index contributed by atoms with van der Waals surface area (Å²) in [6.45, 7) is 0. The summed E-state index contributed by atoms with van der Waals surface area (Å²) in [5, 5.41) is 26.3. The molecule has 0 N–H and O–H groups in total. The molecule has 7 aromatic carbocycles. The maximum Gasteiger partial charge on any atom is 0.0992 e. The predicted molar refractivity (Wildman–Crippen MR) is 196 cm³/mol. The van der Waals surface area contributed by atoms with Crippen LogP contribution in [-0.2, 0) is 0 Å². The zero-order chi connectivity index (χ0) is 31.9. The van der Waals surface area contributed by atoms with Gasteiger partial charge in [-0.1, -0.05) is 78.9 Å². The van der Waals surface area contributed by atoms with E-state index in [1.54, 1.807) is 0 Å². The Kier molecular flexibility index (Phi) is 5.38. The summed E-state index contributed by atoms with van der Waals surface area (Å²) < 4.78 is 4.56. The molecule has 10 rings (SSSR count). The first kappa shape index (κ1) is 26.3. The van der Waals surface area contributed by atoms with E-state index in [1.807, 2.05) is 36.4 Å². The number of fused-ring (bicyclic) bond motifs is 9. The first-order chi connectivity index (χ1) is 23.7. The van der Waals surface area contributed by atoms with Crippen molar-refractivity contribution in [3.63, 3.8) is 0 Å². The van der Waals surface area contributed by atoms with Crippen LogP contribution in [0.3, 0.4) is 0 Å². The van der Waals surface area contributed by atoms with Gasteiger partial charge >= 0.3 is 0 Å². The maximum atomic E-state index is 9.67.